The Hall–Kier alpha value is -2.22. The van der Waals surface area contributed by atoms with Crippen LogP contribution in [0.15, 0.2) is 35.2 Å². The first-order valence-electron chi connectivity index (χ1n) is 7.94. The van der Waals surface area contributed by atoms with Crippen LogP contribution in [0.1, 0.15) is 18.4 Å². The Morgan fingerprint density at radius 2 is 1.68 bits per heavy atom. The van der Waals surface area contributed by atoms with Crippen LogP contribution < -0.4 is 9.21 Å². The van der Waals surface area contributed by atoms with Crippen molar-refractivity contribution in [3.8, 4) is 0 Å². The molecule has 0 aliphatic carbocycles. The van der Waals surface area contributed by atoms with Crippen molar-refractivity contribution in [3.05, 3.63) is 53.3 Å². The number of fused-ring (bicyclic) bond motifs is 1. The van der Waals surface area contributed by atoms with E-state index in [2.05, 4.69) is 0 Å². The lowest BCUT2D eigenvalue weighted by Gasteiger charge is -2.27. The van der Waals surface area contributed by atoms with Gasteiger partial charge in [-0.25, -0.2) is 21.6 Å². The van der Waals surface area contributed by atoms with Crippen LogP contribution in [0.5, 0.6) is 0 Å². The van der Waals surface area contributed by atoms with E-state index in [-0.39, 0.29) is 28.4 Å². The van der Waals surface area contributed by atoms with E-state index in [4.69, 9.17) is 0 Å². The third-order valence-electron chi connectivity index (χ3n) is 4.64. The van der Waals surface area contributed by atoms with Crippen LogP contribution in [0, 0.1) is 17.5 Å². The Morgan fingerprint density at radius 1 is 0.960 bits per heavy atom. The Labute approximate surface area is 143 Å². The summed E-state index contributed by atoms with van der Waals surface area (Å²) in [6, 6.07) is 5.53. The summed E-state index contributed by atoms with van der Waals surface area (Å²) in [5.74, 6) is -2.34. The molecule has 25 heavy (non-hydrogen) atoms. The lowest BCUT2D eigenvalue weighted by atomic mass is 10.2. The van der Waals surface area contributed by atoms with Crippen molar-refractivity contribution >= 4 is 21.4 Å². The second-order valence-electron chi connectivity index (χ2n) is 6.18. The summed E-state index contributed by atoms with van der Waals surface area (Å²) in [6.07, 6.45) is 1.69. The molecule has 2 aliphatic rings. The van der Waals surface area contributed by atoms with Crippen molar-refractivity contribution in [2.24, 2.45) is 0 Å². The first-order chi connectivity index (χ1) is 11.9. The highest BCUT2D eigenvalue weighted by molar-refractivity contribution is 7.93. The minimum atomic E-state index is -4.07. The van der Waals surface area contributed by atoms with Crippen molar-refractivity contribution in [3.63, 3.8) is 0 Å². The number of benzene rings is 2. The molecule has 1 saturated heterocycles. The smallest absolute Gasteiger partial charge is 0.265 e. The average Bonchev–Trinajstić information content (AvgIpc) is 3.14. The molecule has 132 valence electrons. The lowest BCUT2D eigenvalue weighted by molar-refractivity contribution is 0.579. The highest BCUT2D eigenvalue weighted by atomic mass is 32.2. The number of sulfonamides is 1. The number of nitrogens with zero attached hydrogens (tertiary/aromatic N) is 2. The monoisotopic (exact) mass is 368 g/mol. The fourth-order valence-corrected chi connectivity index (χ4v) is 5.15. The molecule has 0 amide bonds. The van der Waals surface area contributed by atoms with Gasteiger partial charge < -0.3 is 4.90 Å². The standard InChI is InChI=1S/C17H15F3N2O2S/c18-11-8-14(20)17(21-6-1-2-7-21)15(9-11)22-10-12-13(19)4-3-5-16(12)25(22,23)24/h3-5,8-9H,1-2,6-7,10H2. The number of rotatable bonds is 2. The summed E-state index contributed by atoms with van der Waals surface area (Å²) < 4.78 is 68.9. The van der Waals surface area contributed by atoms with Crippen molar-refractivity contribution in [1.29, 1.82) is 0 Å². The van der Waals surface area contributed by atoms with Gasteiger partial charge in [0.2, 0.25) is 0 Å². The molecular weight excluding hydrogens is 353 g/mol. The fourth-order valence-electron chi connectivity index (χ4n) is 3.49. The third kappa shape index (κ3) is 2.47. The molecule has 0 bridgehead atoms. The Bertz CT molecular complexity index is 957. The van der Waals surface area contributed by atoms with E-state index < -0.39 is 27.5 Å². The van der Waals surface area contributed by atoms with E-state index in [0.29, 0.717) is 13.1 Å². The molecule has 2 aromatic rings. The maximum absolute atomic E-state index is 14.5. The van der Waals surface area contributed by atoms with Crippen molar-refractivity contribution in [2.45, 2.75) is 24.3 Å². The van der Waals surface area contributed by atoms with Crippen molar-refractivity contribution in [2.75, 3.05) is 22.3 Å². The summed E-state index contributed by atoms with van der Waals surface area (Å²) in [6.45, 7) is 0.837. The second kappa shape index (κ2) is 5.66. The molecule has 2 aliphatic heterocycles. The van der Waals surface area contributed by atoms with Crippen LogP contribution in [0.25, 0.3) is 0 Å². The van der Waals surface area contributed by atoms with Crippen LogP contribution in [0.2, 0.25) is 0 Å². The molecule has 0 atom stereocenters. The molecule has 1 fully saturated rings. The SMILES string of the molecule is O=S1(=O)c2cccc(F)c2CN1c1cc(F)cc(F)c1N1CCCC1. The number of anilines is 2. The van der Waals surface area contributed by atoms with Crippen molar-refractivity contribution < 1.29 is 21.6 Å². The van der Waals surface area contributed by atoms with Crippen LogP contribution in [0.4, 0.5) is 24.5 Å². The van der Waals surface area contributed by atoms with Gasteiger partial charge in [0.25, 0.3) is 10.0 Å². The molecule has 0 saturated carbocycles. The predicted molar refractivity (Wildman–Crippen MR) is 87.6 cm³/mol. The van der Waals surface area contributed by atoms with E-state index in [1.165, 1.54) is 18.2 Å². The van der Waals surface area contributed by atoms with E-state index >= 15 is 0 Å². The van der Waals surface area contributed by atoms with E-state index in [9.17, 15) is 21.6 Å². The van der Waals surface area contributed by atoms with Crippen LogP contribution in [-0.2, 0) is 16.6 Å². The van der Waals surface area contributed by atoms with Crippen molar-refractivity contribution in [1.82, 2.24) is 0 Å². The first-order valence-corrected chi connectivity index (χ1v) is 9.38. The molecule has 0 radical (unpaired) electrons. The molecule has 2 aromatic carbocycles. The number of halogens is 3. The molecule has 2 heterocycles. The summed E-state index contributed by atoms with van der Waals surface area (Å²) in [7, 11) is -4.07. The Kier molecular flexibility index (Phi) is 3.68. The zero-order valence-electron chi connectivity index (χ0n) is 13.2. The summed E-state index contributed by atoms with van der Waals surface area (Å²) in [5.41, 5.74) is -0.0229. The van der Waals surface area contributed by atoms with Gasteiger partial charge in [-0.05, 0) is 25.0 Å². The third-order valence-corrected chi connectivity index (χ3v) is 6.49. The maximum atomic E-state index is 14.5. The fraction of sp³-hybridized carbons (Fsp3) is 0.294. The van der Waals surface area contributed by atoms with Gasteiger partial charge in [-0.1, -0.05) is 6.07 Å². The maximum Gasteiger partial charge on any atom is 0.265 e. The molecule has 4 rings (SSSR count). The first kappa shape index (κ1) is 16.3. The molecular formula is C17H15F3N2O2S. The largest absolute Gasteiger partial charge is 0.367 e. The van der Waals surface area contributed by atoms with Gasteiger partial charge in [0.1, 0.15) is 11.6 Å². The van der Waals surface area contributed by atoms with Gasteiger partial charge in [0, 0.05) is 30.8 Å². The van der Waals surface area contributed by atoms with E-state index in [1.54, 1.807) is 4.90 Å². The van der Waals surface area contributed by atoms with Gasteiger partial charge >= 0.3 is 0 Å². The minimum Gasteiger partial charge on any atom is -0.367 e. The van der Waals surface area contributed by atoms with Crippen LogP contribution >= 0.6 is 0 Å². The number of hydrogen-bond acceptors (Lipinski definition) is 3. The van der Waals surface area contributed by atoms with E-state index in [0.717, 1.165) is 29.3 Å². The predicted octanol–water partition coefficient (Wildman–Crippen LogP) is 3.41. The van der Waals surface area contributed by atoms with Gasteiger partial charge in [-0.2, -0.15) is 0 Å². The average molecular weight is 368 g/mol. The molecule has 0 spiro atoms. The number of hydrogen-bond donors (Lipinski definition) is 0. The summed E-state index contributed by atoms with van der Waals surface area (Å²) in [5, 5.41) is 0. The van der Waals surface area contributed by atoms with Crippen LogP contribution in [-0.4, -0.2) is 21.5 Å². The zero-order chi connectivity index (χ0) is 17.8. The highest BCUT2D eigenvalue weighted by Gasteiger charge is 2.39. The highest BCUT2D eigenvalue weighted by Crippen LogP contribution is 2.42. The molecule has 0 aromatic heterocycles. The lowest BCUT2D eigenvalue weighted by Crippen LogP contribution is -2.28. The van der Waals surface area contributed by atoms with Gasteiger partial charge in [-0.3, -0.25) is 4.31 Å². The van der Waals surface area contributed by atoms with Gasteiger partial charge in [0.05, 0.1) is 22.8 Å². The van der Waals surface area contributed by atoms with Gasteiger partial charge in [-0.15, -0.1) is 0 Å². The second-order valence-corrected chi connectivity index (χ2v) is 8.01. The Balaban J connectivity index is 1.90. The molecule has 0 N–H and O–H groups in total. The summed E-state index contributed by atoms with van der Waals surface area (Å²) >= 11 is 0. The van der Waals surface area contributed by atoms with Crippen LogP contribution in [0.3, 0.4) is 0 Å². The molecule has 0 unspecified atom stereocenters. The quantitative estimate of drug-likeness (QED) is 0.816. The molecule has 4 nitrogen and oxygen atoms in total. The topological polar surface area (TPSA) is 40.6 Å². The Morgan fingerprint density at radius 3 is 2.36 bits per heavy atom. The summed E-state index contributed by atoms with van der Waals surface area (Å²) in [4.78, 5) is 1.54. The normalized spacial score (nSPS) is 18.7. The molecule has 8 heteroatoms. The zero-order valence-corrected chi connectivity index (χ0v) is 14.0. The van der Waals surface area contributed by atoms with Gasteiger partial charge in [0.15, 0.2) is 5.82 Å². The minimum absolute atomic E-state index is 0.0135. The van der Waals surface area contributed by atoms with E-state index in [1.807, 2.05) is 0 Å².